The van der Waals surface area contributed by atoms with Crippen LogP contribution >= 0.6 is 11.6 Å². The van der Waals surface area contributed by atoms with Crippen molar-refractivity contribution in [3.8, 4) is 11.3 Å². The summed E-state index contributed by atoms with van der Waals surface area (Å²) < 4.78 is 14.3. The summed E-state index contributed by atoms with van der Waals surface area (Å²) in [6.07, 6.45) is 0.640. The van der Waals surface area contributed by atoms with E-state index in [1.165, 1.54) is 11.0 Å². The maximum atomic E-state index is 14.3. The zero-order valence-electron chi connectivity index (χ0n) is 13.7. The van der Waals surface area contributed by atoms with Crippen molar-refractivity contribution in [1.82, 2.24) is 19.8 Å². The highest BCUT2D eigenvalue weighted by Crippen LogP contribution is 2.23. The maximum absolute atomic E-state index is 14.3. The molecular formula is C17H18ClFN4O2. The lowest BCUT2D eigenvalue weighted by molar-refractivity contribution is 0.0706. The van der Waals surface area contributed by atoms with Gasteiger partial charge in [0, 0.05) is 49.5 Å². The van der Waals surface area contributed by atoms with Crippen LogP contribution in [-0.4, -0.2) is 56.6 Å². The van der Waals surface area contributed by atoms with Crippen molar-refractivity contribution < 1.29 is 14.3 Å². The van der Waals surface area contributed by atoms with Crippen molar-refractivity contribution in [3.05, 3.63) is 47.1 Å². The number of hydrogen-bond donors (Lipinski definition) is 1. The Labute approximate surface area is 149 Å². The molecule has 132 valence electrons. The first kappa shape index (κ1) is 17.6. The molecule has 1 fully saturated rings. The van der Waals surface area contributed by atoms with Crippen molar-refractivity contribution >= 4 is 17.7 Å². The lowest BCUT2D eigenvalue weighted by atomic mass is 10.1. The van der Waals surface area contributed by atoms with Crippen LogP contribution in [0.5, 0.6) is 0 Å². The summed E-state index contributed by atoms with van der Waals surface area (Å²) in [6, 6.07) is 6.56. The number of amides is 1. The molecule has 0 aliphatic carbocycles. The standard InChI is InChI=1S/C17H18ClFN4O2/c1-11-9-23(17(24)25)7-6-22(11)10-13-8-12(2-3-14(13)19)15-4-5-20-16(18)21-15/h2-5,8,11H,6-7,9-10H2,1H3,(H,24,25). The number of hydrogen-bond acceptors (Lipinski definition) is 4. The predicted octanol–water partition coefficient (Wildman–Crippen LogP) is 3.12. The van der Waals surface area contributed by atoms with Crippen LogP contribution < -0.4 is 0 Å². The lowest BCUT2D eigenvalue weighted by Crippen LogP contribution is -2.52. The molecule has 2 heterocycles. The average Bonchev–Trinajstić information content (AvgIpc) is 2.58. The van der Waals surface area contributed by atoms with Gasteiger partial charge < -0.3 is 10.0 Å². The summed E-state index contributed by atoms with van der Waals surface area (Å²) in [4.78, 5) is 22.5. The monoisotopic (exact) mass is 364 g/mol. The second-order valence-electron chi connectivity index (χ2n) is 6.07. The van der Waals surface area contributed by atoms with E-state index >= 15 is 0 Å². The maximum Gasteiger partial charge on any atom is 0.407 e. The first-order valence-corrected chi connectivity index (χ1v) is 8.31. The largest absolute Gasteiger partial charge is 0.465 e. The van der Waals surface area contributed by atoms with E-state index in [4.69, 9.17) is 16.7 Å². The summed E-state index contributed by atoms with van der Waals surface area (Å²) >= 11 is 5.82. The van der Waals surface area contributed by atoms with E-state index < -0.39 is 6.09 Å². The molecule has 0 saturated carbocycles. The molecule has 1 aliphatic heterocycles. The summed E-state index contributed by atoms with van der Waals surface area (Å²) in [5.41, 5.74) is 1.94. The average molecular weight is 365 g/mol. The summed E-state index contributed by atoms with van der Waals surface area (Å²) in [7, 11) is 0. The SMILES string of the molecule is CC1CN(C(=O)O)CCN1Cc1cc(-c2ccnc(Cl)n2)ccc1F. The Morgan fingerprint density at radius 2 is 2.20 bits per heavy atom. The minimum atomic E-state index is -0.916. The van der Waals surface area contributed by atoms with E-state index in [-0.39, 0.29) is 17.1 Å². The number of rotatable bonds is 3. The number of nitrogens with zero attached hydrogens (tertiary/aromatic N) is 4. The Balaban J connectivity index is 1.79. The third-order valence-corrected chi connectivity index (χ3v) is 4.56. The smallest absolute Gasteiger partial charge is 0.407 e. The van der Waals surface area contributed by atoms with Gasteiger partial charge in [0.05, 0.1) is 5.69 Å². The van der Waals surface area contributed by atoms with Gasteiger partial charge in [-0.3, -0.25) is 4.90 Å². The molecule has 6 nitrogen and oxygen atoms in total. The number of piperazine rings is 1. The Morgan fingerprint density at radius 1 is 1.40 bits per heavy atom. The summed E-state index contributed by atoms with van der Waals surface area (Å²) in [5, 5.41) is 9.23. The van der Waals surface area contributed by atoms with Gasteiger partial charge in [0.1, 0.15) is 5.82 Å². The van der Waals surface area contributed by atoms with Crippen molar-refractivity contribution in [2.75, 3.05) is 19.6 Å². The fourth-order valence-corrected chi connectivity index (χ4v) is 3.12. The van der Waals surface area contributed by atoms with Gasteiger partial charge in [-0.05, 0) is 42.8 Å². The van der Waals surface area contributed by atoms with E-state index in [9.17, 15) is 9.18 Å². The van der Waals surface area contributed by atoms with Gasteiger partial charge in [-0.25, -0.2) is 19.2 Å². The molecule has 8 heteroatoms. The van der Waals surface area contributed by atoms with Crippen LogP contribution in [-0.2, 0) is 6.54 Å². The fourth-order valence-electron chi connectivity index (χ4n) is 2.97. The van der Waals surface area contributed by atoms with E-state index in [1.807, 2.05) is 6.92 Å². The van der Waals surface area contributed by atoms with Crippen LogP contribution in [0.3, 0.4) is 0 Å². The molecular weight excluding hydrogens is 347 g/mol. The molecule has 2 aromatic rings. The predicted molar refractivity (Wildman–Crippen MR) is 91.9 cm³/mol. The Bertz CT molecular complexity index is 789. The van der Waals surface area contributed by atoms with Gasteiger partial charge in [-0.15, -0.1) is 0 Å². The van der Waals surface area contributed by atoms with Gasteiger partial charge in [-0.2, -0.15) is 0 Å². The summed E-state index contributed by atoms with van der Waals surface area (Å²) in [6.45, 7) is 3.76. The van der Waals surface area contributed by atoms with Crippen LogP contribution in [0.25, 0.3) is 11.3 Å². The number of benzene rings is 1. The zero-order valence-corrected chi connectivity index (χ0v) is 14.4. The minimum absolute atomic E-state index is 0.0152. The molecule has 1 atom stereocenters. The van der Waals surface area contributed by atoms with Crippen molar-refractivity contribution in [2.45, 2.75) is 19.5 Å². The van der Waals surface area contributed by atoms with E-state index in [0.717, 1.165) is 5.56 Å². The molecule has 1 amide bonds. The Kier molecular flexibility index (Phi) is 5.15. The normalized spacial score (nSPS) is 18.4. The Hall–Kier alpha value is -2.25. The molecule has 1 unspecified atom stereocenters. The quantitative estimate of drug-likeness (QED) is 0.847. The number of halogens is 2. The number of aromatic nitrogens is 2. The van der Waals surface area contributed by atoms with Crippen molar-refractivity contribution in [2.24, 2.45) is 0 Å². The molecule has 1 aromatic heterocycles. The second-order valence-corrected chi connectivity index (χ2v) is 6.40. The first-order chi connectivity index (χ1) is 11.9. The van der Waals surface area contributed by atoms with Gasteiger partial charge in [-0.1, -0.05) is 0 Å². The van der Waals surface area contributed by atoms with Crippen LogP contribution in [0.4, 0.5) is 9.18 Å². The number of carbonyl (C=O) groups is 1. The zero-order chi connectivity index (χ0) is 18.0. The van der Waals surface area contributed by atoms with Gasteiger partial charge in [0.25, 0.3) is 0 Å². The first-order valence-electron chi connectivity index (χ1n) is 7.93. The van der Waals surface area contributed by atoms with Crippen molar-refractivity contribution in [3.63, 3.8) is 0 Å². The highest BCUT2D eigenvalue weighted by atomic mass is 35.5. The van der Waals surface area contributed by atoms with Crippen molar-refractivity contribution in [1.29, 1.82) is 0 Å². The van der Waals surface area contributed by atoms with Gasteiger partial charge >= 0.3 is 6.09 Å². The highest BCUT2D eigenvalue weighted by molar-refractivity contribution is 6.28. The van der Waals surface area contributed by atoms with Crippen LogP contribution in [0, 0.1) is 5.82 Å². The lowest BCUT2D eigenvalue weighted by Gasteiger charge is -2.38. The summed E-state index contributed by atoms with van der Waals surface area (Å²) in [5.74, 6) is -0.295. The van der Waals surface area contributed by atoms with E-state index in [2.05, 4.69) is 14.9 Å². The third kappa shape index (κ3) is 4.05. The molecule has 25 heavy (non-hydrogen) atoms. The van der Waals surface area contributed by atoms with Crippen LogP contribution in [0.15, 0.2) is 30.5 Å². The molecule has 0 bridgehead atoms. The molecule has 3 rings (SSSR count). The third-order valence-electron chi connectivity index (χ3n) is 4.38. The van der Waals surface area contributed by atoms with E-state index in [0.29, 0.717) is 37.4 Å². The van der Waals surface area contributed by atoms with E-state index in [1.54, 1.807) is 24.4 Å². The Morgan fingerprint density at radius 3 is 2.88 bits per heavy atom. The fraction of sp³-hybridized carbons (Fsp3) is 0.353. The molecule has 1 aliphatic rings. The highest BCUT2D eigenvalue weighted by Gasteiger charge is 2.27. The molecule has 0 spiro atoms. The van der Waals surface area contributed by atoms with Gasteiger partial charge in [0.15, 0.2) is 0 Å². The molecule has 0 radical (unpaired) electrons. The number of carboxylic acid groups (broad SMARTS) is 1. The molecule has 1 N–H and O–H groups in total. The second kappa shape index (κ2) is 7.33. The topological polar surface area (TPSA) is 69.6 Å². The van der Waals surface area contributed by atoms with Crippen LogP contribution in [0.1, 0.15) is 12.5 Å². The molecule has 1 saturated heterocycles. The van der Waals surface area contributed by atoms with Crippen LogP contribution in [0.2, 0.25) is 5.28 Å². The minimum Gasteiger partial charge on any atom is -0.465 e. The molecule has 1 aromatic carbocycles. The van der Waals surface area contributed by atoms with Gasteiger partial charge in [0.2, 0.25) is 5.28 Å².